The fraction of sp³-hybridized carbons (Fsp3) is 0.763. The molecule has 0 aromatic heterocycles. The number of hydrogen-bond acceptors (Lipinski definition) is 10. The lowest BCUT2D eigenvalue weighted by molar-refractivity contribution is -0.305. The molecule has 0 radical (unpaired) electrons. The van der Waals surface area contributed by atoms with Gasteiger partial charge in [0, 0.05) is 6.42 Å². The molecular weight excluding hydrogens is 883 g/mol. The molecule has 404 valence electrons. The summed E-state index contributed by atoms with van der Waals surface area (Å²) in [6.07, 6.45) is 48.0. The van der Waals surface area contributed by atoms with Gasteiger partial charge in [-0.2, -0.15) is 0 Å². The summed E-state index contributed by atoms with van der Waals surface area (Å²) in [6, 6.07) is -1.03. The number of allylic oxidation sites excluding steroid dienone is 11. The van der Waals surface area contributed by atoms with Gasteiger partial charge in [-0.1, -0.05) is 222 Å². The van der Waals surface area contributed by atoms with Gasteiger partial charge in [0.15, 0.2) is 12.4 Å². The topological polar surface area (TPSA) is 175 Å². The minimum absolute atomic E-state index is 0.0944. The fourth-order valence-corrected chi connectivity index (χ4v) is 8.42. The third-order valence-electron chi connectivity index (χ3n) is 12.9. The third-order valence-corrected chi connectivity index (χ3v) is 12.9. The number of aliphatic hydroxyl groups is 5. The van der Waals surface area contributed by atoms with E-state index >= 15 is 0 Å². The standard InChI is InChI=1S/C59H103NO10/c1-4-7-10-13-16-19-22-25-27-29-32-35-38-41-44-47-54(64)70-57-56(66)55(65)53(48-61)69-59(57)68-49-50(51(62)45-42-39-36-33-30-24-21-18-15-12-9-6-3)60-58(67)52(63)46-43-40-37-34-31-28-26-23-20-17-14-11-8-5-2/h7,10,13,16,19-20,22-23,25,27,42,45,50-53,55-57,59,61-63,65-66H,4-6,8-9,11-12,14-15,17-18,21,24,26,28-41,43-44,46-49H2,1-3H3,(H,60,67)/b10-7+,16-13+,22-19+,23-20-,27-25-,45-42+. The molecule has 0 spiro atoms. The molecule has 70 heavy (non-hydrogen) atoms. The maximum Gasteiger partial charge on any atom is 0.306 e. The van der Waals surface area contributed by atoms with Crippen molar-refractivity contribution in [1.29, 1.82) is 0 Å². The van der Waals surface area contributed by atoms with Crippen molar-refractivity contribution in [2.45, 2.75) is 275 Å². The van der Waals surface area contributed by atoms with Gasteiger partial charge < -0.3 is 45.1 Å². The molecule has 8 unspecified atom stereocenters. The highest BCUT2D eigenvalue weighted by molar-refractivity contribution is 5.80. The van der Waals surface area contributed by atoms with Crippen LogP contribution in [0.25, 0.3) is 0 Å². The highest BCUT2D eigenvalue weighted by Gasteiger charge is 2.47. The van der Waals surface area contributed by atoms with E-state index in [9.17, 15) is 35.1 Å². The second-order valence-corrected chi connectivity index (χ2v) is 19.4. The Balaban J connectivity index is 2.77. The van der Waals surface area contributed by atoms with E-state index in [4.69, 9.17) is 14.2 Å². The molecule has 0 saturated carbocycles. The van der Waals surface area contributed by atoms with Crippen molar-refractivity contribution in [3.8, 4) is 0 Å². The Bertz CT molecular complexity index is 1410. The van der Waals surface area contributed by atoms with Gasteiger partial charge in [-0.15, -0.1) is 0 Å². The largest absolute Gasteiger partial charge is 0.454 e. The monoisotopic (exact) mass is 986 g/mol. The number of esters is 1. The highest BCUT2D eigenvalue weighted by Crippen LogP contribution is 2.26. The minimum atomic E-state index is -1.63. The second-order valence-electron chi connectivity index (χ2n) is 19.4. The lowest BCUT2D eigenvalue weighted by atomic mass is 9.99. The number of amides is 1. The molecule has 1 heterocycles. The normalized spacial score (nSPS) is 20.3. The van der Waals surface area contributed by atoms with Crippen LogP contribution in [0.2, 0.25) is 0 Å². The van der Waals surface area contributed by atoms with Crippen LogP contribution >= 0.6 is 0 Å². The van der Waals surface area contributed by atoms with Crippen molar-refractivity contribution in [3.05, 3.63) is 72.9 Å². The molecule has 0 bridgehead atoms. The zero-order valence-corrected chi connectivity index (χ0v) is 44.4. The molecule has 1 aliphatic rings. The van der Waals surface area contributed by atoms with Gasteiger partial charge in [0.1, 0.15) is 24.4 Å². The molecule has 11 heteroatoms. The first-order valence-corrected chi connectivity index (χ1v) is 28.3. The predicted molar refractivity (Wildman–Crippen MR) is 287 cm³/mol. The summed E-state index contributed by atoms with van der Waals surface area (Å²) in [4.78, 5) is 26.4. The molecule has 6 N–H and O–H groups in total. The van der Waals surface area contributed by atoms with Crippen molar-refractivity contribution >= 4 is 11.9 Å². The number of ether oxygens (including phenoxy) is 3. The summed E-state index contributed by atoms with van der Waals surface area (Å²) in [5, 5.41) is 56.8. The van der Waals surface area contributed by atoms with E-state index in [2.05, 4.69) is 50.4 Å². The van der Waals surface area contributed by atoms with Crippen LogP contribution in [0.1, 0.15) is 226 Å². The predicted octanol–water partition coefficient (Wildman–Crippen LogP) is 12.4. The lowest BCUT2D eigenvalue weighted by Gasteiger charge is -2.41. The molecule has 0 aliphatic carbocycles. The second kappa shape index (κ2) is 47.1. The Kier molecular flexibility index (Phi) is 43.8. The number of rotatable bonds is 46. The Morgan fingerprint density at radius 1 is 0.571 bits per heavy atom. The van der Waals surface area contributed by atoms with Crippen molar-refractivity contribution in [3.63, 3.8) is 0 Å². The zero-order chi connectivity index (χ0) is 51.1. The van der Waals surface area contributed by atoms with Gasteiger partial charge in [0.2, 0.25) is 5.91 Å². The lowest BCUT2D eigenvalue weighted by Crippen LogP contribution is -2.61. The highest BCUT2D eigenvalue weighted by atomic mass is 16.7. The van der Waals surface area contributed by atoms with E-state index in [1.165, 1.54) is 89.9 Å². The Morgan fingerprint density at radius 3 is 1.60 bits per heavy atom. The number of carbonyl (C=O) groups excluding carboxylic acids is 2. The summed E-state index contributed by atoms with van der Waals surface area (Å²) in [5.41, 5.74) is 0. The zero-order valence-electron chi connectivity index (χ0n) is 44.4. The van der Waals surface area contributed by atoms with Crippen molar-refractivity contribution in [2.75, 3.05) is 13.2 Å². The van der Waals surface area contributed by atoms with Gasteiger partial charge in [0.25, 0.3) is 0 Å². The summed E-state index contributed by atoms with van der Waals surface area (Å²) in [5.74, 6) is -1.23. The molecule has 0 aromatic rings. The first-order valence-electron chi connectivity index (χ1n) is 28.3. The first-order chi connectivity index (χ1) is 34.2. The molecule has 8 atom stereocenters. The van der Waals surface area contributed by atoms with Gasteiger partial charge in [-0.25, -0.2) is 0 Å². The van der Waals surface area contributed by atoms with Gasteiger partial charge in [-0.05, 0) is 70.6 Å². The minimum Gasteiger partial charge on any atom is -0.454 e. The number of unbranched alkanes of at least 4 members (excludes halogenated alkanes) is 25. The van der Waals surface area contributed by atoms with Crippen molar-refractivity contribution in [2.24, 2.45) is 0 Å². The van der Waals surface area contributed by atoms with Crippen LogP contribution in [0.15, 0.2) is 72.9 Å². The van der Waals surface area contributed by atoms with E-state index in [1.54, 1.807) is 6.08 Å². The van der Waals surface area contributed by atoms with Crippen LogP contribution in [-0.4, -0.2) is 99.6 Å². The van der Waals surface area contributed by atoms with Crippen LogP contribution < -0.4 is 5.32 Å². The summed E-state index contributed by atoms with van der Waals surface area (Å²) < 4.78 is 17.5. The molecule has 1 fully saturated rings. The third kappa shape index (κ3) is 35.3. The Hall–Kier alpha value is -2.90. The quantitative estimate of drug-likeness (QED) is 0.0149. The average Bonchev–Trinajstić information content (AvgIpc) is 3.36. The molecule has 1 saturated heterocycles. The van der Waals surface area contributed by atoms with Gasteiger partial charge >= 0.3 is 5.97 Å². The number of hydrogen-bond donors (Lipinski definition) is 6. The van der Waals surface area contributed by atoms with Gasteiger partial charge in [0.05, 0.1) is 25.4 Å². The van der Waals surface area contributed by atoms with E-state index < -0.39 is 67.4 Å². The maximum absolute atomic E-state index is 13.4. The molecular formula is C59H103NO10. The summed E-state index contributed by atoms with van der Waals surface area (Å²) >= 11 is 0. The molecule has 1 aliphatic heterocycles. The van der Waals surface area contributed by atoms with E-state index in [0.29, 0.717) is 12.8 Å². The molecule has 1 rings (SSSR count). The summed E-state index contributed by atoms with van der Waals surface area (Å²) in [7, 11) is 0. The van der Waals surface area contributed by atoms with E-state index in [-0.39, 0.29) is 19.4 Å². The van der Waals surface area contributed by atoms with E-state index in [1.807, 2.05) is 42.5 Å². The SMILES string of the molecule is CC/C=C/C=C/C=C/C=C\CCCCCCCC(=O)OC1C(OCC(NC(=O)C(O)CCCCCCCC/C=C\CCCCCC)C(O)/C=C/CCCCCCCCCCCC)OC(CO)C(O)C1O. The Labute approximate surface area is 426 Å². The fourth-order valence-electron chi connectivity index (χ4n) is 8.42. The number of carbonyl (C=O) groups is 2. The number of aliphatic hydroxyl groups excluding tert-OH is 5. The average molecular weight is 986 g/mol. The molecule has 11 nitrogen and oxygen atoms in total. The van der Waals surface area contributed by atoms with Crippen LogP contribution in [-0.2, 0) is 23.8 Å². The van der Waals surface area contributed by atoms with Crippen LogP contribution in [0, 0.1) is 0 Å². The maximum atomic E-state index is 13.4. The van der Waals surface area contributed by atoms with Crippen LogP contribution in [0.3, 0.4) is 0 Å². The summed E-state index contributed by atoms with van der Waals surface area (Å²) in [6.45, 7) is 5.60. The first kappa shape index (κ1) is 65.1. The van der Waals surface area contributed by atoms with Crippen molar-refractivity contribution in [1.82, 2.24) is 5.32 Å². The Morgan fingerprint density at radius 2 is 1.04 bits per heavy atom. The molecule has 1 amide bonds. The molecule has 0 aromatic carbocycles. The van der Waals surface area contributed by atoms with Crippen LogP contribution in [0.5, 0.6) is 0 Å². The number of nitrogens with one attached hydrogen (secondary N) is 1. The smallest absolute Gasteiger partial charge is 0.306 e. The van der Waals surface area contributed by atoms with Crippen molar-refractivity contribution < 1.29 is 49.3 Å². The van der Waals surface area contributed by atoms with Gasteiger partial charge in [-0.3, -0.25) is 9.59 Å². The van der Waals surface area contributed by atoms with Crippen LogP contribution in [0.4, 0.5) is 0 Å². The van der Waals surface area contributed by atoms with E-state index in [0.717, 1.165) is 89.9 Å².